The van der Waals surface area contributed by atoms with Gasteiger partial charge in [0.15, 0.2) is 0 Å². The molecule has 1 aliphatic heterocycles. The molecule has 126 valence electrons. The Morgan fingerprint density at radius 1 is 1.17 bits per heavy atom. The molecular formula is C19H22N2O3. The number of rotatable bonds is 4. The Bertz CT molecular complexity index is 782. The van der Waals surface area contributed by atoms with Crippen molar-refractivity contribution in [3.8, 4) is 0 Å². The molecule has 0 radical (unpaired) electrons. The van der Waals surface area contributed by atoms with Crippen LogP contribution in [-0.2, 0) is 16.1 Å². The van der Waals surface area contributed by atoms with Crippen molar-refractivity contribution in [1.82, 2.24) is 9.47 Å². The highest BCUT2D eigenvalue weighted by atomic mass is 16.4. The van der Waals surface area contributed by atoms with Crippen molar-refractivity contribution in [2.75, 3.05) is 6.54 Å². The highest BCUT2D eigenvalue weighted by molar-refractivity contribution is 5.85. The zero-order valence-corrected chi connectivity index (χ0v) is 13.6. The summed E-state index contributed by atoms with van der Waals surface area (Å²) in [6, 6.07) is 9.50. The molecular weight excluding hydrogens is 304 g/mol. The number of aryl methyl sites for hydroxylation is 1. The number of aliphatic carboxylic acids is 1. The molecule has 1 aromatic carbocycles. The van der Waals surface area contributed by atoms with Crippen molar-refractivity contribution < 1.29 is 14.7 Å². The van der Waals surface area contributed by atoms with E-state index >= 15 is 0 Å². The summed E-state index contributed by atoms with van der Waals surface area (Å²) < 4.78 is 2.07. The lowest BCUT2D eigenvalue weighted by molar-refractivity contribution is -0.149. The van der Waals surface area contributed by atoms with Crippen LogP contribution in [0.5, 0.6) is 0 Å². The number of carboxylic acid groups (broad SMARTS) is 1. The molecule has 24 heavy (non-hydrogen) atoms. The minimum Gasteiger partial charge on any atom is -0.480 e. The van der Waals surface area contributed by atoms with Crippen LogP contribution < -0.4 is 0 Å². The van der Waals surface area contributed by atoms with Crippen molar-refractivity contribution in [3.05, 3.63) is 36.5 Å². The van der Waals surface area contributed by atoms with Crippen LogP contribution in [0.15, 0.2) is 36.5 Å². The Labute approximate surface area is 140 Å². The van der Waals surface area contributed by atoms with Gasteiger partial charge in [-0.3, -0.25) is 4.79 Å². The van der Waals surface area contributed by atoms with Gasteiger partial charge in [-0.1, -0.05) is 24.6 Å². The lowest BCUT2D eigenvalue weighted by Gasteiger charge is -2.24. The highest BCUT2D eigenvalue weighted by Crippen LogP contribution is 2.42. The SMILES string of the molecule is O=C(O)C1C2CCCC2CN1C(=O)CCn1ccc2ccccc21. The number of fused-ring (bicyclic) bond motifs is 2. The van der Waals surface area contributed by atoms with Crippen LogP contribution in [0.3, 0.4) is 0 Å². The number of hydrogen-bond acceptors (Lipinski definition) is 2. The molecule has 1 saturated carbocycles. The number of benzene rings is 1. The fraction of sp³-hybridized carbons (Fsp3) is 0.474. The third-order valence-corrected chi connectivity index (χ3v) is 5.71. The molecule has 3 unspecified atom stereocenters. The average Bonchev–Trinajstić information content (AvgIpc) is 3.25. The van der Waals surface area contributed by atoms with E-state index < -0.39 is 12.0 Å². The molecule has 4 rings (SSSR count). The van der Waals surface area contributed by atoms with Gasteiger partial charge in [-0.05, 0) is 42.2 Å². The summed E-state index contributed by atoms with van der Waals surface area (Å²) in [7, 11) is 0. The third kappa shape index (κ3) is 2.48. The quantitative estimate of drug-likeness (QED) is 0.940. The molecule has 5 nitrogen and oxygen atoms in total. The maximum atomic E-state index is 12.7. The molecule has 0 spiro atoms. The van der Waals surface area contributed by atoms with Gasteiger partial charge < -0.3 is 14.6 Å². The number of amides is 1. The first-order valence-electron chi connectivity index (χ1n) is 8.71. The summed E-state index contributed by atoms with van der Waals surface area (Å²) in [5, 5.41) is 10.7. The Morgan fingerprint density at radius 3 is 2.83 bits per heavy atom. The number of nitrogens with zero attached hydrogens (tertiary/aromatic N) is 2. The Hall–Kier alpha value is -2.30. The Morgan fingerprint density at radius 2 is 2.00 bits per heavy atom. The van der Waals surface area contributed by atoms with Gasteiger partial charge in [0.1, 0.15) is 6.04 Å². The molecule has 1 aliphatic carbocycles. The molecule has 1 saturated heterocycles. The largest absolute Gasteiger partial charge is 0.480 e. The fourth-order valence-electron chi connectivity index (χ4n) is 4.57. The van der Waals surface area contributed by atoms with E-state index in [2.05, 4.69) is 10.6 Å². The predicted octanol–water partition coefficient (Wildman–Crippen LogP) is 2.74. The van der Waals surface area contributed by atoms with Crippen LogP contribution >= 0.6 is 0 Å². The van der Waals surface area contributed by atoms with Crippen LogP contribution in [0.1, 0.15) is 25.7 Å². The monoisotopic (exact) mass is 326 g/mol. The summed E-state index contributed by atoms with van der Waals surface area (Å²) >= 11 is 0. The first-order valence-corrected chi connectivity index (χ1v) is 8.71. The molecule has 1 N–H and O–H groups in total. The summed E-state index contributed by atoms with van der Waals surface area (Å²) in [4.78, 5) is 26.0. The van der Waals surface area contributed by atoms with Gasteiger partial charge in [-0.25, -0.2) is 4.79 Å². The first-order chi connectivity index (χ1) is 11.6. The van der Waals surface area contributed by atoms with Crippen LogP contribution in [0, 0.1) is 11.8 Å². The van der Waals surface area contributed by atoms with Gasteiger partial charge in [0.05, 0.1) is 0 Å². The lowest BCUT2D eigenvalue weighted by Crippen LogP contribution is -2.43. The third-order valence-electron chi connectivity index (χ3n) is 5.71. The van der Waals surface area contributed by atoms with E-state index in [1.54, 1.807) is 4.90 Å². The van der Waals surface area contributed by atoms with Gasteiger partial charge in [0.25, 0.3) is 0 Å². The number of carboxylic acids is 1. The minimum absolute atomic E-state index is 0.0328. The van der Waals surface area contributed by atoms with E-state index in [0.29, 0.717) is 25.4 Å². The normalized spacial score (nSPS) is 26.0. The van der Waals surface area contributed by atoms with Gasteiger partial charge in [-0.2, -0.15) is 0 Å². The van der Waals surface area contributed by atoms with Crippen LogP contribution in [-0.4, -0.2) is 39.0 Å². The van der Waals surface area contributed by atoms with Crippen molar-refractivity contribution in [1.29, 1.82) is 0 Å². The molecule has 5 heteroatoms. The van der Waals surface area contributed by atoms with E-state index in [9.17, 15) is 14.7 Å². The summed E-state index contributed by atoms with van der Waals surface area (Å²) in [5.74, 6) is -0.347. The zero-order chi connectivity index (χ0) is 16.7. The number of hydrogen-bond donors (Lipinski definition) is 1. The van der Waals surface area contributed by atoms with Crippen molar-refractivity contribution in [2.45, 2.75) is 38.3 Å². The highest BCUT2D eigenvalue weighted by Gasteiger charge is 2.49. The molecule has 2 aromatic rings. The minimum atomic E-state index is -0.843. The number of para-hydroxylation sites is 1. The van der Waals surface area contributed by atoms with Crippen LogP contribution in [0.25, 0.3) is 10.9 Å². The van der Waals surface area contributed by atoms with Crippen LogP contribution in [0.4, 0.5) is 0 Å². The standard InChI is InChI=1S/C19H22N2O3/c22-17(9-11-20-10-8-13-4-1-2-7-16(13)20)21-12-14-5-3-6-15(14)18(21)19(23)24/h1-2,4,7-8,10,14-15,18H,3,5-6,9,11-12H2,(H,23,24). The summed E-state index contributed by atoms with van der Waals surface area (Å²) in [5.41, 5.74) is 1.11. The first kappa shape index (κ1) is 15.2. The van der Waals surface area contributed by atoms with E-state index in [0.717, 1.165) is 30.2 Å². The summed E-state index contributed by atoms with van der Waals surface area (Å²) in [6.07, 6.45) is 5.43. The van der Waals surface area contributed by atoms with Crippen molar-refractivity contribution >= 4 is 22.8 Å². The van der Waals surface area contributed by atoms with Gasteiger partial charge in [0, 0.05) is 31.2 Å². The van der Waals surface area contributed by atoms with Crippen LogP contribution in [0.2, 0.25) is 0 Å². The van der Waals surface area contributed by atoms with Gasteiger partial charge in [0.2, 0.25) is 5.91 Å². The zero-order valence-electron chi connectivity index (χ0n) is 13.6. The number of carbonyl (C=O) groups is 2. The average molecular weight is 326 g/mol. The molecule has 3 atom stereocenters. The lowest BCUT2D eigenvalue weighted by atomic mass is 9.94. The van der Waals surface area contributed by atoms with Crippen molar-refractivity contribution in [3.63, 3.8) is 0 Å². The van der Waals surface area contributed by atoms with E-state index in [1.165, 1.54) is 0 Å². The van der Waals surface area contributed by atoms with E-state index in [4.69, 9.17) is 0 Å². The molecule has 0 bridgehead atoms. The second-order valence-corrected chi connectivity index (χ2v) is 7.00. The van der Waals surface area contributed by atoms with Crippen molar-refractivity contribution in [2.24, 2.45) is 11.8 Å². The maximum absolute atomic E-state index is 12.7. The number of carbonyl (C=O) groups excluding carboxylic acids is 1. The molecule has 2 aliphatic rings. The second kappa shape index (κ2) is 5.96. The van der Waals surface area contributed by atoms with E-state index in [-0.39, 0.29) is 11.8 Å². The second-order valence-electron chi connectivity index (χ2n) is 7.00. The Balaban J connectivity index is 1.47. The molecule has 2 heterocycles. The summed E-state index contributed by atoms with van der Waals surface area (Å²) in [6.45, 7) is 1.21. The topological polar surface area (TPSA) is 62.5 Å². The number of aromatic nitrogens is 1. The molecule has 1 aromatic heterocycles. The van der Waals surface area contributed by atoms with Gasteiger partial charge in [-0.15, -0.1) is 0 Å². The Kier molecular flexibility index (Phi) is 3.79. The molecule has 1 amide bonds. The number of likely N-dealkylation sites (tertiary alicyclic amines) is 1. The van der Waals surface area contributed by atoms with Gasteiger partial charge >= 0.3 is 5.97 Å². The predicted molar refractivity (Wildman–Crippen MR) is 90.5 cm³/mol. The smallest absolute Gasteiger partial charge is 0.326 e. The fourth-order valence-corrected chi connectivity index (χ4v) is 4.57. The van der Waals surface area contributed by atoms with E-state index in [1.807, 2.05) is 30.5 Å². The molecule has 2 fully saturated rings. The maximum Gasteiger partial charge on any atom is 0.326 e.